The van der Waals surface area contributed by atoms with Gasteiger partial charge in [-0.05, 0) is 25.0 Å². The molecule has 0 spiro atoms. The highest BCUT2D eigenvalue weighted by Gasteiger charge is 2.25. The maximum atomic E-state index is 12.1. The summed E-state index contributed by atoms with van der Waals surface area (Å²) in [6, 6.07) is 2.65. The standard InChI is InChI=1S/C14H22N2O5/c1-8(2)12(16-14(19)20-4)13(18)15-7-10(17)11-6-5-9(3)21-11/h5-6,8,10,12,17H,7H2,1-4H3,(H,15,18)(H,16,19)/t10-,12+/m1/s1. The predicted molar refractivity (Wildman–Crippen MR) is 75.6 cm³/mol. The number of ether oxygens (including phenoxy) is 1. The van der Waals surface area contributed by atoms with Crippen LogP contribution < -0.4 is 10.6 Å². The van der Waals surface area contributed by atoms with Crippen molar-refractivity contribution in [2.24, 2.45) is 5.92 Å². The molecule has 1 rings (SSSR count). The van der Waals surface area contributed by atoms with Crippen LogP contribution in [0.4, 0.5) is 4.79 Å². The maximum Gasteiger partial charge on any atom is 0.407 e. The monoisotopic (exact) mass is 298 g/mol. The molecule has 7 heteroatoms. The number of amides is 2. The number of aliphatic hydroxyl groups is 1. The van der Waals surface area contributed by atoms with E-state index in [2.05, 4.69) is 15.4 Å². The summed E-state index contributed by atoms with van der Waals surface area (Å²) < 4.78 is 9.76. The van der Waals surface area contributed by atoms with Gasteiger partial charge in [-0.15, -0.1) is 0 Å². The molecular weight excluding hydrogens is 276 g/mol. The molecule has 1 aromatic rings. The highest BCUT2D eigenvalue weighted by atomic mass is 16.5. The van der Waals surface area contributed by atoms with Crippen molar-refractivity contribution in [1.82, 2.24) is 10.6 Å². The Bertz CT molecular complexity index is 483. The van der Waals surface area contributed by atoms with Gasteiger partial charge >= 0.3 is 6.09 Å². The Labute approximate surface area is 123 Å². The van der Waals surface area contributed by atoms with Gasteiger partial charge in [-0.3, -0.25) is 4.79 Å². The second kappa shape index (κ2) is 7.68. The first kappa shape index (κ1) is 17.0. The number of aryl methyl sites for hydroxylation is 1. The van der Waals surface area contributed by atoms with Crippen LogP contribution in [0, 0.1) is 12.8 Å². The fraction of sp³-hybridized carbons (Fsp3) is 0.571. The molecule has 0 unspecified atom stereocenters. The van der Waals surface area contributed by atoms with Crippen molar-refractivity contribution in [3.05, 3.63) is 23.7 Å². The minimum Gasteiger partial charge on any atom is -0.464 e. The van der Waals surface area contributed by atoms with Crippen LogP contribution in [-0.2, 0) is 9.53 Å². The quantitative estimate of drug-likeness (QED) is 0.730. The van der Waals surface area contributed by atoms with Crippen molar-refractivity contribution in [3.8, 4) is 0 Å². The molecule has 0 bridgehead atoms. The van der Waals surface area contributed by atoms with Crippen molar-refractivity contribution < 1.29 is 23.8 Å². The molecule has 0 fully saturated rings. The first-order valence-corrected chi connectivity index (χ1v) is 6.71. The van der Waals surface area contributed by atoms with Gasteiger partial charge in [-0.1, -0.05) is 13.8 Å². The molecule has 7 nitrogen and oxygen atoms in total. The zero-order chi connectivity index (χ0) is 16.0. The van der Waals surface area contributed by atoms with E-state index in [-0.39, 0.29) is 12.5 Å². The summed E-state index contributed by atoms with van der Waals surface area (Å²) in [5, 5.41) is 14.9. The first-order chi connectivity index (χ1) is 9.85. The van der Waals surface area contributed by atoms with Crippen LogP contribution in [0.2, 0.25) is 0 Å². The van der Waals surface area contributed by atoms with Crippen LogP contribution in [0.25, 0.3) is 0 Å². The van der Waals surface area contributed by atoms with Crippen LogP contribution in [0.1, 0.15) is 31.5 Å². The summed E-state index contributed by atoms with van der Waals surface area (Å²) in [4.78, 5) is 23.3. The van der Waals surface area contributed by atoms with Gasteiger partial charge in [0.15, 0.2) is 0 Å². The van der Waals surface area contributed by atoms with E-state index < -0.39 is 24.1 Å². The van der Waals surface area contributed by atoms with E-state index in [0.717, 1.165) is 0 Å². The molecule has 2 atom stereocenters. The molecule has 0 aliphatic rings. The third-order valence-corrected chi connectivity index (χ3v) is 2.97. The van der Waals surface area contributed by atoms with Crippen molar-refractivity contribution in [2.75, 3.05) is 13.7 Å². The summed E-state index contributed by atoms with van der Waals surface area (Å²) in [5.41, 5.74) is 0. The summed E-state index contributed by atoms with van der Waals surface area (Å²) in [6.07, 6.45) is -1.61. The van der Waals surface area contributed by atoms with E-state index in [1.54, 1.807) is 32.9 Å². The van der Waals surface area contributed by atoms with Gasteiger partial charge in [-0.25, -0.2) is 4.79 Å². The van der Waals surface area contributed by atoms with Gasteiger partial charge in [0.2, 0.25) is 5.91 Å². The molecule has 0 radical (unpaired) electrons. The Hall–Kier alpha value is -2.02. The van der Waals surface area contributed by atoms with Crippen LogP contribution in [0.15, 0.2) is 16.5 Å². The number of rotatable bonds is 6. The van der Waals surface area contributed by atoms with E-state index in [1.165, 1.54) is 7.11 Å². The lowest BCUT2D eigenvalue weighted by molar-refractivity contribution is -0.124. The molecule has 118 valence electrons. The molecular formula is C14H22N2O5. The predicted octanol–water partition coefficient (Wildman–Crippen LogP) is 1.12. The van der Waals surface area contributed by atoms with Gasteiger partial charge in [0.1, 0.15) is 23.7 Å². The van der Waals surface area contributed by atoms with Gasteiger partial charge in [0, 0.05) is 0 Å². The molecule has 0 aromatic carbocycles. The van der Waals surface area contributed by atoms with Gasteiger partial charge < -0.3 is 24.9 Å². The lowest BCUT2D eigenvalue weighted by Crippen LogP contribution is -2.50. The van der Waals surface area contributed by atoms with Gasteiger partial charge in [0.05, 0.1) is 13.7 Å². The largest absolute Gasteiger partial charge is 0.464 e. The average Bonchev–Trinajstić information content (AvgIpc) is 2.87. The average molecular weight is 298 g/mol. The number of hydrogen-bond acceptors (Lipinski definition) is 5. The lowest BCUT2D eigenvalue weighted by Gasteiger charge is -2.21. The zero-order valence-electron chi connectivity index (χ0n) is 12.7. The van der Waals surface area contributed by atoms with Crippen LogP contribution in [0.5, 0.6) is 0 Å². The number of furan rings is 1. The van der Waals surface area contributed by atoms with Crippen molar-refractivity contribution in [2.45, 2.75) is 32.9 Å². The molecule has 1 heterocycles. The van der Waals surface area contributed by atoms with Crippen molar-refractivity contribution in [1.29, 1.82) is 0 Å². The molecule has 0 saturated heterocycles. The number of carbonyl (C=O) groups is 2. The van der Waals surface area contributed by atoms with Gasteiger partial charge in [-0.2, -0.15) is 0 Å². The molecule has 0 aliphatic carbocycles. The third-order valence-electron chi connectivity index (χ3n) is 2.97. The Morgan fingerprint density at radius 2 is 2.05 bits per heavy atom. The topological polar surface area (TPSA) is 101 Å². The second-order valence-corrected chi connectivity index (χ2v) is 5.07. The SMILES string of the molecule is COC(=O)N[C@H](C(=O)NC[C@@H](O)c1ccc(C)o1)C(C)C. The fourth-order valence-electron chi connectivity index (χ4n) is 1.76. The molecule has 2 amide bonds. The highest BCUT2D eigenvalue weighted by molar-refractivity contribution is 5.85. The highest BCUT2D eigenvalue weighted by Crippen LogP contribution is 2.15. The Morgan fingerprint density at radius 3 is 2.52 bits per heavy atom. The van der Waals surface area contributed by atoms with Crippen molar-refractivity contribution >= 4 is 12.0 Å². The summed E-state index contributed by atoms with van der Waals surface area (Å²) in [6.45, 7) is 5.36. The maximum absolute atomic E-state index is 12.1. The van der Waals surface area contributed by atoms with E-state index >= 15 is 0 Å². The Morgan fingerprint density at radius 1 is 1.38 bits per heavy atom. The molecule has 21 heavy (non-hydrogen) atoms. The fourth-order valence-corrected chi connectivity index (χ4v) is 1.76. The smallest absolute Gasteiger partial charge is 0.407 e. The number of methoxy groups -OCH3 is 1. The second-order valence-electron chi connectivity index (χ2n) is 5.07. The summed E-state index contributed by atoms with van der Waals surface area (Å²) in [7, 11) is 1.23. The normalized spacial score (nSPS) is 13.6. The summed E-state index contributed by atoms with van der Waals surface area (Å²) >= 11 is 0. The molecule has 1 aromatic heterocycles. The van der Waals surface area contributed by atoms with E-state index in [1.807, 2.05) is 0 Å². The van der Waals surface area contributed by atoms with Crippen molar-refractivity contribution in [3.63, 3.8) is 0 Å². The minimum absolute atomic E-state index is 0.00212. The minimum atomic E-state index is -0.936. The molecule has 0 saturated carbocycles. The van der Waals surface area contributed by atoms with E-state index in [9.17, 15) is 14.7 Å². The first-order valence-electron chi connectivity index (χ1n) is 6.71. The Balaban J connectivity index is 2.55. The number of nitrogens with one attached hydrogen (secondary N) is 2. The third kappa shape index (κ3) is 5.11. The summed E-state index contributed by atoms with van der Waals surface area (Å²) in [5.74, 6) is 0.558. The number of carbonyl (C=O) groups excluding carboxylic acids is 2. The lowest BCUT2D eigenvalue weighted by atomic mass is 10.0. The Kier molecular flexibility index (Phi) is 6.23. The zero-order valence-corrected chi connectivity index (χ0v) is 12.7. The van der Waals surface area contributed by atoms with Gasteiger partial charge in [0.25, 0.3) is 0 Å². The van der Waals surface area contributed by atoms with E-state index in [4.69, 9.17) is 4.42 Å². The number of aliphatic hydroxyl groups excluding tert-OH is 1. The van der Waals surface area contributed by atoms with Crippen LogP contribution in [-0.4, -0.2) is 36.8 Å². The molecule has 3 N–H and O–H groups in total. The van der Waals surface area contributed by atoms with Crippen LogP contribution in [0.3, 0.4) is 0 Å². The van der Waals surface area contributed by atoms with E-state index in [0.29, 0.717) is 11.5 Å². The number of hydrogen-bond donors (Lipinski definition) is 3. The molecule has 0 aliphatic heterocycles. The van der Waals surface area contributed by atoms with Crippen LogP contribution >= 0.6 is 0 Å². The number of alkyl carbamates (subject to hydrolysis) is 1.